The monoisotopic (exact) mass is 309 g/mol. The van der Waals surface area contributed by atoms with Gasteiger partial charge in [-0.25, -0.2) is 4.79 Å². The summed E-state index contributed by atoms with van der Waals surface area (Å²) in [4.78, 5) is 24.7. The molecule has 1 aromatic carbocycles. The fraction of sp³-hybridized carbons (Fsp3) is 0.333. The van der Waals surface area contributed by atoms with Crippen LogP contribution in [0, 0.1) is 13.8 Å². The molecule has 6 heteroatoms. The van der Waals surface area contributed by atoms with E-state index in [-0.39, 0.29) is 12.5 Å². The number of hydrogen-bond donors (Lipinski definition) is 0. The van der Waals surface area contributed by atoms with Crippen molar-refractivity contribution in [3.8, 4) is 5.75 Å². The number of fused-ring (bicyclic) bond motifs is 1. The van der Waals surface area contributed by atoms with Crippen LogP contribution >= 0.6 is 11.6 Å². The second-order valence-corrected chi connectivity index (χ2v) is 5.40. The van der Waals surface area contributed by atoms with Crippen LogP contribution in [0.4, 0.5) is 0 Å². The number of benzene rings is 1. The van der Waals surface area contributed by atoms with Gasteiger partial charge in [0.1, 0.15) is 11.3 Å². The molecule has 1 amide bonds. The Morgan fingerprint density at radius 2 is 1.95 bits per heavy atom. The molecule has 21 heavy (non-hydrogen) atoms. The van der Waals surface area contributed by atoms with Crippen LogP contribution < -0.4 is 10.4 Å². The van der Waals surface area contributed by atoms with E-state index in [2.05, 4.69) is 0 Å². The topological polar surface area (TPSA) is 59.8 Å². The van der Waals surface area contributed by atoms with E-state index in [1.54, 1.807) is 27.1 Å². The van der Waals surface area contributed by atoms with Crippen molar-refractivity contribution < 1.29 is 13.9 Å². The number of hydrogen-bond acceptors (Lipinski definition) is 4. The van der Waals surface area contributed by atoms with E-state index in [1.165, 1.54) is 11.0 Å². The quantitative estimate of drug-likeness (QED) is 0.818. The highest BCUT2D eigenvalue weighted by atomic mass is 35.5. The summed E-state index contributed by atoms with van der Waals surface area (Å²) in [6, 6.07) is 3.21. The van der Waals surface area contributed by atoms with Gasteiger partial charge in [-0.05, 0) is 25.5 Å². The summed E-state index contributed by atoms with van der Waals surface area (Å²) in [5, 5.41) is 1.12. The highest BCUT2D eigenvalue weighted by molar-refractivity contribution is 6.32. The first-order valence-electron chi connectivity index (χ1n) is 6.37. The molecule has 0 fully saturated rings. The predicted octanol–water partition coefficient (Wildman–Crippen LogP) is 2.53. The van der Waals surface area contributed by atoms with Crippen molar-refractivity contribution in [2.45, 2.75) is 13.8 Å². The van der Waals surface area contributed by atoms with Crippen LogP contribution in [-0.4, -0.2) is 31.5 Å². The molecule has 0 radical (unpaired) electrons. The minimum absolute atomic E-state index is 0.132. The molecule has 2 rings (SSSR count). The predicted molar refractivity (Wildman–Crippen MR) is 81.2 cm³/mol. The molecule has 0 N–H and O–H groups in total. The highest BCUT2D eigenvalue weighted by Gasteiger charge is 2.13. The molecule has 2 aromatic rings. The summed E-state index contributed by atoms with van der Waals surface area (Å²) in [5.74, 6) is 0.124. The normalized spacial score (nSPS) is 10.7. The maximum absolute atomic E-state index is 11.7. The minimum Gasteiger partial charge on any atom is -0.482 e. The molecular formula is C15H16ClNO4. The molecule has 0 bridgehead atoms. The van der Waals surface area contributed by atoms with Crippen LogP contribution in [0.5, 0.6) is 5.75 Å². The lowest BCUT2D eigenvalue weighted by atomic mass is 10.1. The van der Waals surface area contributed by atoms with E-state index in [4.69, 9.17) is 20.8 Å². The van der Waals surface area contributed by atoms with Crippen LogP contribution in [0.2, 0.25) is 5.02 Å². The Morgan fingerprint density at radius 3 is 2.57 bits per heavy atom. The Bertz CT molecular complexity index is 764. The number of nitrogens with zero attached hydrogens (tertiary/aromatic N) is 1. The Morgan fingerprint density at radius 1 is 1.29 bits per heavy atom. The van der Waals surface area contributed by atoms with Crippen LogP contribution in [0.1, 0.15) is 11.1 Å². The van der Waals surface area contributed by atoms with Crippen molar-refractivity contribution >= 4 is 28.5 Å². The van der Waals surface area contributed by atoms with E-state index < -0.39 is 5.63 Å². The molecule has 0 aliphatic carbocycles. The number of rotatable bonds is 3. The lowest BCUT2D eigenvalue weighted by molar-refractivity contribution is -0.130. The molecule has 5 nitrogen and oxygen atoms in total. The molecule has 0 aliphatic rings. The summed E-state index contributed by atoms with van der Waals surface area (Å²) in [5.41, 5.74) is 1.37. The average molecular weight is 310 g/mol. The van der Waals surface area contributed by atoms with Crippen molar-refractivity contribution in [2.24, 2.45) is 0 Å². The number of aryl methyl sites for hydroxylation is 1. The second kappa shape index (κ2) is 5.77. The van der Waals surface area contributed by atoms with Crippen molar-refractivity contribution in [2.75, 3.05) is 20.7 Å². The standard InChI is InChI=1S/C15H16ClNO4/c1-8-9(2)15(19)21-12-6-13(11(16)5-10(8)12)20-7-14(18)17(3)4/h5-6H,7H2,1-4H3. The number of carbonyl (C=O) groups is 1. The van der Waals surface area contributed by atoms with Crippen molar-refractivity contribution in [1.29, 1.82) is 0 Å². The summed E-state index contributed by atoms with van der Waals surface area (Å²) in [6.07, 6.45) is 0. The fourth-order valence-corrected chi connectivity index (χ4v) is 2.04. The van der Waals surface area contributed by atoms with E-state index in [0.717, 1.165) is 10.9 Å². The van der Waals surface area contributed by atoms with Gasteiger partial charge in [0.15, 0.2) is 6.61 Å². The van der Waals surface area contributed by atoms with Gasteiger partial charge in [0.05, 0.1) is 5.02 Å². The molecule has 0 unspecified atom stereocenters. The number of likely N-dealkylation sites (N-methyl/N-ethyl adjacent to an activating group) is 1. The first-order valence-corrected chi connectivity index (χ1v) is 6.75. The molecule has 112 valence electrons. The van der Waals surface area contributed by atoms with Crippen LogP contribution in [-0.2, 0) is 4.79 Å². The van der Waals surface area contributed by atoms with Crippen LogP contribution in [0.3, 0.4) is 0 Å². The first-order chi connectivity index (χ1) is 9.81. The van der Waals surface area contributed by atoms with Crippen molar-refractivity contribution in [3.63, 3.8) is 0 Å². The molecule has 1 heterocycles. The number of carbonyl (C=O) groups excluding carboxylic acids is 1. The van der Waals surface area contributed by atoms with Gasteiger partial charge in [0.2, 0.25) is 0 Å². The summed E-state index contributed by atoms with van der Waals surface area (Å²) >= 11 is 6.16. The van der Waals surface area contributed by atoms with Crippen LogP contribution in [0.25, 0.3) is 11.0 Å². The second-order valence-electron chi connectivity index (χ2n) is 5.00. The Balaban J connectivity index is 2.43. The number of ether oxygens (including phenoxy) is 1. The van der Waals surface area contributed by atoms with E-state index in [9.17, 15) is 9.59 Å². The highest BCUT2D eigenvalue weighted by Crippen LogP contribution is 2.31. The number of amides is 1. The van der Waals surface area contributed by atoms with Crippen molar-refractivity contribution in [1.82, 2.24) is 4.90 Å². The molecule has 0 saturated heterocycles. The molecule has 0 atom stereocenters. The maximum Gasteiger partial charge on any atom is 0.339 e. The maximum atomic E-state index is 11.7. The van der Waals surface area contributed by atoms with Gasteiger partial charge in [-0.15, -0.1) is 0 Å². The molecule has 0 saturated carbocycles. The van der Waals surface area contributed by atoms with Gasteiger partial charge in [-0.1, -0.05) is 11.6 Å². The van der Waals surface area contributed by atoms with E-state index in [1.807, 2.05) is 6.92 Å². The molecule has 0 spiro atoms. The lowest BCUT2D eigenvalue weighted by Crippen LogP contribution is -2.27. The minimum atomic E-state index is -0.391. The largest absolute Gasteiger partial charge is 0.482 e. The summed E-state index contributed by atoms with van der Waals surface area (Å²) in [7, 11) is 3.28. The van der Waals surface area contributed by atoms with Gasteiger partial charge >= 0.3 is 5.63 Å². The zero-order valence-electron chi connectivity index (χ0n) is 12.3. The third-order valence-corrected chi connectivity index (χ3v) is 3.65. The average Bonchev–Trinajstić information content (AvgIpc) is 2.43. The van der Waals surface area contributed by atoms with Gasteiger partial charge in [-0.3, -0.25) is 4.79 Å². The zero-order chi connectivity index (χ0) is 15.7. The third kappa shape index (κ3) is 3.03. The third-order valence-electron chi connectivity index (χ3n) is 3.36. The number of halogens is 1. The van der Waals surface area contributed by atoms with Gasteiger partial charge < -0.3 is 14.1 Å². The van der Waals surface area contributed by atoms with Gasteiger partial charge in [0, 0.05) is 31.1 Å². The van der Waals surface area contributed by atoms with E-state index >= 15 is 0 Å². The molecular weight excluding hydrogens is 294 g/mol. The first kappa shape index (κ1) is 15.4. The van der Waals surface area contributed by atoms with Crippen LogP contribution in [0.15, 0.2) is 21.3 Å². The SMILES string of the molecule is Cc1c(C)c2cc(Cl)c(OCC(=O)N(C)C)cc2oc1=O. The summed E-state index contributed by atoms with van der Waals surface area (Å²) < 4.78 is 10.6. The van der Waals surface area contributed by atoms with Gasteiger partial charge in [0.25, 0.3) is 5.91 Å². The smallest absolute Gasteiger partial charge is 0.339 e. The fourth-order valence-electron chi connectivity index (χ4n) is 1.82. The summed E-state index contributed by atoms with van der Waals surface area (Å²) in [6.45, 7) is 3.41. The Hall–Kier alpha value is -2.01. The molecule has 1 aromatic heterocycles. The van der Waals surface area contributed by atoms with Crippen molar-refractivity contribution in [3.05, 3.63) is 38.7 Å². The lowest BCUT2D eigenvalue weighted by Gasteiger charge is -2.13. The Labute approximate surface area is 127 Å². The Kier molecular flexibility index (Phi) is 4.23. The van der Waals surface area contributed by atoms with Gasteiger partial charge in [-0.2, -0.15) is 0 Å². The van der Waals surface area contributed by atoms with E-state index in [0.29, 0.717) is 21.9 Å². The molecule has 0 aliphatic heterocycles. The zero-order valence-corrected chi connectivity index (χ0v) is 13.1.